The number of hydrogen-bond donors (Lipinski definition) is 2. The molecular formula is C14H15ClN4O2. The van der Waals surface area contributed by atoms with Crippen LogP contribution in [0.1, 0.15) is 10.5 Å². The standard InChI is InChI=1S/C14H15ClN4O2/c15-9-4-2-1-3-8(9)13-5-12(18-21-13)14(20)19-6-10(16)11(17)7-19/h1-5,10-11H,6-7,16-17H2/t10-,11-/m1/s1. The minimum atomic E-state index is -0.236. The Labute approximate surface area is 126 Å². The summed E-state index contributed by atoms with van der Waals surface area (Å²) in [5.74, 6) is 0.220. The molecule has 21 heavy (non-hydrogen) atoms. The maximum Gasteiger partial charge on any atom is 0.276 e. The molecule has 1 aliphatic rings. The van der Waals surface area contributed by atoms with Crippen LogP contribution in [0.4, 0.5) is 0 Å². The van der Waals surface area contributed by atoms with Gasteiger partial charge in [-0.3, -0.25) is 4.79 Å². The van der Waals surface area contributed by atoms with Crippen molar-refractivity contribution in [3.8, 4) is 11.3 Å². The zero-order valence-electron chi connectivity index (χ0n) is 11.2. The number of halogens is 1. The van der Waals surface area contributed by atoms with Crippen molar-refractivity contribution < 1.29 is 9.32 Å². The van der Waals surface area contributed by atoms with Gasteiger partial charge in [-0.2, -0.15) is 0 Å². The highest BCUT2D eigenvalue weighted by Crippen LogP contribution is 2.28. The van der Waals surface area contributed by atoms with Crippen LogP contribution in [0.25, 0.3) is 11.3 Å². The van der Waals surface area contributed by atoms with Crippen LogP contribution in [-0.2, 0) is 0 Å². The first-order valence-corrected chi connectivity index (χ1v) is 6.96. The van der Waals surface area contributed by atoms with E-state index >= 15 is 0 Å². The lowest BCUT2D eigenvalue weighted by Crippen LogP contribution is -2.39. The van der Waals surface area contributed by atoms with Crippen LogP contribution < -0.4 is 11.5 Å². The van der Waals surface area contributed by atoms with Crippen molar-refractivity contribution in [2.75, 3.05) is 13.1 Å². The van der Waals surface area contributed by atoms with Crippen LogP contribution in [0.2, 0.25) is 5.02 Å². The quantitative estimate of drug-likeness (QED) is 0.866. The van der Waals surface area contributed by atoms with Gasteiger partial charge in [0.2, 0.25) is 0 Å². The molecule has 7 heteroatoms. The molecule has 4 N–H and O–H groups in total. The van der Waals surface area contributed by atoms with Gasteiger partial charge in [-0.25, -0.2) is 0 Å². The number of nitrogens with two attached hydrogens (primary N) is 2. The fraction of sp³-hybridized carbons (Fsp3) is 0.286. The number of carbonyl (C=O) groups is 1. The second kappa shape index (κ2) is 5.48. The molecule has 1 amide bonds. The molecule has 6 nitrogen and oxygen atoms in total. The SMILES string of the molecule is N[C@@H]1CN(C(=O)c2cc(-c3ccccc3Cl)on2)C[C@H]1N. The molecule has 1 fully saturated rings. The van der Waals surface area contributed by atoms with Crippen molar-refractivity contribution >= 4 is 17.5 Å². The summed E-state index contributed by atoms with van der Waals surface area (Å²) in [5, 5.41) is 4.36. The molecule has 1 aromatic carbocycles. The number of carbonyl (C=O) groups excluding carboxylic acids is 1. The van der Waals surface area contributed by atoms with E-state index in [1.165, 1.54) is 0 Å². The normalized spacial score (nSPS) is 21.8. The maximum atomic E-state index is 12.3. The maximum absolute atomic E-state index is 12.3. The van der Waals surface area contributed by atoms with Crippen LogP contribution in [0.5, 0.6) is 0 Å². The Hall–Kier alpha value is -1.89. The Morgan fingerprint density at radius 1 is 1.29 bits per heavy atom. The van der Waals surface area contributed by atoms with E-state index in [-0.39, 0.29) is 23.7 Å². The molecule has 2 aromatic rings. The van der Waals surface area contributed by atoms with Crippen molar-refractivity contribution in [2.45, 2.75) is 12.1 Å². The van der Waals surface area contributed by atoms with Crippen LogP contribution in [0.15, 0.2) is 34.9 Å². The van der Waals surface area contributed by atoms with E-state index in [1.807, 2.05) is 12.1 Å². The van der Waals surface area contributed by atoms with Gasteiger partial charge in [-0.1, -0.05) is 28.9 Å². The van der Waals surface area contributed by atoms with Crippen molar-refractivity contribution in [3.05, 3.63) is 41.0 Å². The highest BCUT2D eigenvalue weighted by Gasteiger charge is 2.32. The molecular weight excluding hydrogens is 292 g/mol. The second-order valence-electron chi connectivity index (χ2n) is 5.09. The predicted molar refractivity (Wildman–Crippen MR) is 78.8 cm³/mol. The first-order chi connectivity index (χ1) is 10.1. The summed E-state index contributed by atoms with van der Waals surface area (Å²) in [6.07, 6.45) is 0. The minimum Gasteiger partial charge on any atom is -0.355 e. The number of amides is 1. The van der Waals surface area contributed by atoms with Crippen LogP contribution in [0.3, 0.4) is 0 Å². The van der Waals surface area contributed by atoms with Gasteiger partial charge in [0, 0.05) is 36.8 Å². The fourth-order valence-corrected chi connectivity index (χ4v) is 2.57. The third kappa shape index (κ3) is 2.65. The zero-order chi connectivity index (χ0) is 15.0. The van der Waals surface area contributed by atoms with Gasteiger partial charge in [0.1, 0.15) is 0 Å². The number of likely N-dealkylation sites (tertiary alicyclic amines) is 1. The molecule has 110 valence electrons. The monoisotopic (exact) mass is 306 g/mol. The van der Waals surface area contributed by atoms with Gasteiger partial charge >= 0.3 is 0 Å². The summed E-state index contributed by atoms with van der Waals surface area (Å²) in [5.41, 5.74) is 12.6. The van der Waals surface area contributed by atoms with Crippen LogP contribution in [-0.4, -0.2) is 41.1 Å². The van der Waals surface area contributed by atoms with E-state index in [2.05, 4.69) is 5.16 Å². The Kier molecular flexibility index (Phi) is 3.67. The molecule has 2 atom stereocenters. The lowest BCUT2D eigenvalue weighted by Gasteiger charge is -2.13. The third-order valence-corrected chi connectivity index (χ3v) is 3.90. The summed E-state index contributed by atoms with van der Waals surface area (Å²) in [6, 6.07) is 8.38. The predicted octanol–water partition coefficient (Wildman–Crippen LogP) is 1.11. The molecule has 1 aromatic heterocycles. The highest BCUT2D eigenvalue weighted by atomic mass is 35.5. The van der Waals surface area contributed by atoms with Crippen LogP contribution in [0, 0.1) is 0 Å². The third-order valence-electron chi connectivity index (χ3n) is 3.57. The Balaban J connectivity index is 1.82. The molecule has 0 spiro atoms. The van der Waals surface area contributed by atoms with Crippen molar-refractivity contribution in [1.29, 1.82) is 0 Å². The molecule has 2 heterocycles. The molecule has 0 unspecified atom stereocenters. The Morgan fingerprint density at radius 3 is 2.62 bits per heavy atom. The summed E-state index contributed by atoms with van der Waals surface area (Å²) in [6.45, 7) is 0.850. The zero-order valence-corrected chi connectivity index (χ0v) is 12.0. The highest BCUT2D eigenvalue weighted by molar-refractivity contribution is 6.33. The number of rotatable bonds is 2. The smallest absolute Gasteiger partial charge is 0.276 e. The minimum absolute atomic E-state index is 0.205. The van der Waals surface area contributed by atoms with Gasteiger partial charge in [-0.15, -0.1) is 0 Å². The topological polar surface area (TPSA) is 98.4 Å². The summed E-state index contributed by atoms with van der Waals surface area (Å²) < 4.78 is 5.22. The van der Waals surface area contributed by atoms with E-state index in [0.717, 1.165) is 0 Å². The summed E-state index contributed by atoms with van der Waals surface area (Å²) >= 11 is 6.10. The average Bonchev–Trinajstić information content (AvgIpc) is 3.07. The largest absolute Gasteiger partial charge is 0.355 e. The summed E-state index contributed by atoms with van der Waals surface area (Å²) in [7, 11) is 0. The van der Waals surface area contributed by atoms with Crippen molar-refractivity contribution in [1.82, 2.24) is 10.1 Å². The van der Waals surface area contributed by atoms with E-state index in [9.17, 15) is 4.79 Å². The van der Waals surface area contributed by atoms with Gasteiger partial charge in [-0.05, 0) is 12.1 Å². The van der Waals surface area contributed by atoms with Crippen LogP contribution >= 0.6 is 11.6 Å². The molecule has 1 saturated heterocycles. The van der Waals surface area contributed by atoms with Crippen molar-refractivity contribution in [2.24, 2.45) is 11.5 Å². The van der Waals surface area contributed by atoms with Gasteiger partial charge < -0.3 is 20.9 Å². The summed E-state index contributed by atoms with van der Waals surface area (Å²) in [4.78, 5) is 13.9. The Bertz CT molecular complexity index is 662. The number of nitrogens with zero attached hydrogens (tertiary/aromatic N) is 2. The first kappa shape index (κ1) is 14.1. The number of hydrogen-bond acceptors (Lipinski definition) is 5. The number of aromatic nitrogens is 1. The molecule has 0 aliphatic carbocycles. The Morgan fingerprint density at radius 2 is 1.95 bits per heavy atom. The van der Waals surface area contributed by atoms with Gasteiger partial charge in [0.15, 0.2) is 11.5 Å². The second-order valence-corrected chi connectivity index (χ2v) is 5.50. The number of benzene rings is 1. The van der Waals surface area contributed by atoms with E-state index in [4.69, 9.17) is 27.6 Å². The lowest BCUT2D eigenvalue weighted by molar-refractivity contribution is 0.0779. The molecule has 3 rings (SSSR count). The lowest BCUT2D eigenvalue weighted by atomic mass is 10.1. The first-order valence-electron chi connectivity index (χ1n) is 6.58. The average molecular weight is 307 g/mol. The van der Waals surface area contributed by atoms with E-state index < -0.39 is 0 Å². The van der Waals surface area contributed by atoms with Gasteiger partial charge in [0.05, 0.1) is 5.02 Å². The van der Waals surface area contributed by atoms with Crippen molar-refractivity contribution in [3.63, 3.8) is 0 Å². The van der Waals surface area contributed by atoms with E-state index in [1.54, 1.807) is 23.1 Å². The fourth-order valence-electron chi connectivity index (χ4n) is 2.35. The molecule has 0 radical (unpaired) electrons. The van der Waals surface area contributed by atoms with E-state index in [0.29, 0.717) is 29.4 Å². The molecule has 0 bridgehead atoms. The molecule has 1 aliphatic heterocycles. The molecule has 0 saturated carbocycles. The van der Waals surface area contributed by atoms with Gasteiger partial charge in [0.25, 0.3) is 5.91 Å².